The van der Waals surface area contributed by atoms with Gasteiger partial charge >= 0.3 is 5.69 Å². The molecule has 13 heteroatoms. The Morgan fingerprint density at radius 3 is 2.80 bits per heavy atom. The molecule has 4 heterocycles. The minimum Gasteiger partial charge on any atom is -0.496 e. The topological polar surface area (TPSA) is 129 Å². The Kier molecular flexibility index (Phi) is 7.88. The number of halogens is 1. The third-order valence-corrected chi connectivity index (χ3v) is 8.41. The predicted molar refractivity (Wildman–Crippen MR) is 145 cm³/mol. The maximum Gasteiger partial charge on any atom is 0.332 e. The van der Waals surface area contributed by atoms with E-state index in [1.165, 1.54) is 47.2 Å². The van der Waals surface area contributed by atoms with Crippen LogP contribution in [0.2, 0.25) is 0 Å². The summed E-state index contributed by atoms with van der Waals surface area (Å²) >= 11 is 1.16. The molecule has 11 nitrogen and oxygen atoms in total. The van der Waals surface area contributed by atoms with Gasteiger partial charge in [-0.1, -0.05) is 0 Å². The third-order valence-electron chi connectivity index (χ3n) is 7.11. The van der Waals surface area contributed by atoms with Crippen molar-refractivity contribution in [3.63, 3.8) is 0 Å². The van der Waals surface area contributed by atoms with E-state index < -0.39 is 29.2 Å². The normalized spacial score (nSPS) is 16.6. The van der Waals surface area contributed by atoms with Crippen molar-refractivity contribution < 1.29 is 28.2 Å². The van der Waals surface area contributed by atoms with Gasteiger partial charge in [0.1, 0.15) is 34.8 Å². The zero-order valence-electron chi connectivity index (χ0n) is 22.3. The van der Waals surface area contributed by atoms with Crippen molar-refractivity contribution in [3.05, 3.63) is 68.4 Å². The molecule has 1 N–H and O–H groups in total. The number of oxazole rings is 1. The van der Waals surface area contributed by atoms with Crippen LogP contribution in [0.3, 0.4) is 0 Å². The minimum atomic E-state index is -0.973. The first-order valence-corrected chi connectivity index (χ1v) is 13.6. The molecule has 5 rings (SSSR count). The summed E-state index contributed by atoms with van der Waals surface area (Å²) in [7, 11) is 3.07. The molecule has 0 aliphatic carbocycles. The van der Waals surface area contributed by atoms with Crippen LogP contribution in [0.15, 0.2) is 44.7 Å². The standard InChI is InChI=1S/C27H29FN4O7S/c1-15-21-25(35)32(18-5-4-9-30(2)24(18)34)27(36)31(26(21)40-22(15)23-29-8-11-39-23)14-20(38-12-10-33)17-13-16(28)6-7-19(17)37-3/h6-8,11,13,18,20,33H,4-5,9-10,12,14H2,1-3H3/t18-,20+/m1/s1. The number of likely N-dealkylation sites (N-methyl/N-ethyl adjacent to an activating group) is 1. The number of nitrogens with zero attached hydrogens (tertiary/aromatic N) is 4. The van der Waals surface area contributed by atoms with Gasteiger partial charge in [-0.25, -0.2) is 18.7 Å². The number of fused-ring (bicyclic) bond motifs is 1. The minimum absolute atomic E-state index is 0.0984. The number of aryl methyl sites for hydroxylation is 1. The predicted octanol–water partition coefficient (Wildman–Crippen LogP) is 2.88. The monoisotopic (exact) mass is 572 g/mol. The number of carbonyl (C=O) groups excluding carboxylic acids is 1. The summed E-state index contributed by atoms with van der Waals surface area (Å²) < 4.78 is 33.6. The Balaban J connectivity index is 1.77. The van der Waals surface area contributed by atoms with E-state index in [0.29, 0.717) is 46.0 Å². The lowest BCUT2D eigenvalue weighted by atomic mass is 10.0. The van der Waals surface area contributed by atoms with Crippen molar-refractivity contribution in [2.24, 2.45) is 0 Å². The number of hydrogen-bond donors (Lipinski definition) is 1. The quantitative estimate of drug-likeness (QED) is 0.324. The second kappa shape index (κ2) is 11.4. The fraction of sp³-hybridized carbons (Fsp3) is 0.407. The van der Waals surface area contributed by atoms with Crippen molar-refractivity contribution in [2.45, 2.75) is 38.5 Å². The number of carbonyl (C=O) groups is 1. The first kappa shape index (κ1) is 27.7. The van der Waals surface area contributed by atoms with Crippen LogP contribution in [0.5, 0.6) is 5.75 Å². The van der Waals surface area contributed by atoms with Crippen LogP contribution in [-0.4, -0.2) is 63.9 Å². The molecular weight excluding hydrogens is 543 g/mol. The molecular formula is C27H29FN4O7S. The molecule has 2 atom stereocenters. The lowest BCUT2D eigenvalue weighted by Crippen LogP contribution is -2.49. The lowest BCUT2D eigenvalue weighted by Gasteiger charge is -2.30. The summed E-state index contributed by atoms with van der Waals surface area (Å²) in [5.74, 6) is -0.243. The fourth-order valence-electron chi connectivity index (χ4n) is 5.15. The second-order valence-corrected chi connectivity index (χ2v) is 10.5. The van der Waals surface area contributed by atoms with E-state index in [-0.39, 0.29) is 36.9 Å². The SMILES string of the molecule is COc1ccc(F)cc1[C@H](Cn1c(=O)n([C@@H]2CCCN(C)C2=O)c(=O)c2c(C)c(-c3ncco3)sc21)OCCO. The molecule has 1 aliphatic rings. The Morgan fingerprint density at radius 2 is 2.10 bits per heavy atom. The number of aromatic nitrogens is 3. The van der Waals surface area contributed by atoms with Crippen LogP contribution in [0.1, 0.15) is 36.1 Å². The van der Waals surface area contributed by atoms with E-state index in [0.717, 1.165) is 15.9 Å². The van der Waals surface area contributed by atoms with Crippen LogP contribution < -0.4 is 16.0 Å². The average Bonchev–Trinajstić information content (AvgIpc) is 3.59. The molecule has 0 radical (unpaired) electrons. The first-order valence-electron chi connectivity index (χ1n) is 12.8. The van der Waals surface area contributed by atoms with Crippen LogP contribution in [0.25, 0.3) is 21.0 Å². The average molecular weight is 573 g/mol. The van der Waals surface area contributed by atoms with E-state index in [1.54, 1.807) is 14.0 Å². The number of piperidine rings is 1. The van der Waals surface area contributed by atoms with Gasteiger partial charge in [0, 0.05) is 19.2 Å². The molecule has 40 heavy (non-hydrogen) atoms. The number of aliphatic hydroxyl groups is 1. The number of ether oxygens (including phenoxy) is 2. The third kappa shape index (κ3) is 4.84. The second-order valence-electron chi connectivity index (χ2n) is 9.53. The Morgan fingerprint density at radius 1 is 1.30 bits per heavy atom. The smallest absolute Gasteiger partial charge is 0.332 e. The molecule has 0 unspecified atom stereocenters. The highest BCUT2D eigenvalue weighted by molar-refractivity contribution is 7.22. The highest BCUT2D eigenvalue weighted by Gasteiger charge is 2.34. The number of hydrogen-bond acceptors (Lipinski definition) is 9. The highest BCUT2D eigenvalue weighted by Crippen LogP contribution is 2.37. The van der Waals surface area contributed by atoms with E-state index in [1.807, 2.05) is 0 Å². The number of thiophene rings is 1. The fourth-order valence-corrected chi connectivity index (χ4v) is 6.39. The van der Waals surface area contributed by atoms with Crippen molar-refractivity contribution in [3.8, 4) is 16.5 Å². The number of aliphatic hydroxyl groups excluding tert-OH is 1. The number of methoxy groups -OCH3 is 1. The number of likely N-dealkylation sites (tertiary alicyclic amines) is 1. The van der Waals surface area contributed by atoms with Crippen LogP contribution >= 0.6 is 11.3 Å². The molecule has 1 saturated heterocycles. The van der Waals surface area contributed by atoms with Gasteiger partial charge in [0.05, 0.1) is 43.3 Å². The van der Waals surface area contributed by atoms with Gasteiger partial charge in [-0.2, -0.15) is 0 Å². The number of benzene rings is 1. The lowest BCUT2D eigenvalue weighted by molar-refractivity contribution is -0.136. The van der Waals surface area contributed by atoms with Gasteiger partial charge in [-0.05, 0) is 43.5 Å². The van der Waals surface area contributed by atoms with E-state index >= 15 is 0 Å². The van der Waals surface area contributed by atoms with Gasteiger partial charge in [0.15, 0.2) is 0 Å². The molecule has 0 bridgehead atoms. The molecule has 3 aromatic heterocycles. The van der Waals surface area contributed by atoms with Gasteiger partial charge in [-0.3, -0.25) is 14.2 Å². The van der Waals surface area contributed by atoms with E-state index in [2.05, 4.69) is 4.98 Å². The summed E-state index contributed by atoms with van der Waals surface area (Å²) in [6.07, 6.45) is 2.92. The molecule has 1 aliphatic heterocycles. The zero-order valence-corrected chi connectivity index (χ0v) is 23.1. The van der Waals surface area contributed by atoms with Crippen LogP contribution in [-0.2, 0) is 16.1 Å². The van der Waals surface area contributed by atoms with Gasteiger partial charge < -0.3 is 23.9 Å². The van der Waals surface area contributed by atoms with E-state index in [4.69, 9.17) is 13.9 Å². The van der Waals surface area contributed by atoms with Crippen LogP contribution in [0, 0.1) is 12.7 Å². The largest absolute Gasteiger partial charge is 0.496 e. The molecule has 0 spiro atoms. The maximum absolute atomic E-state index is 14.4. The van der Waals surface area contributed by atoms with Crippen LogP contribution in [0.4, 0.5) is 4.39 Å². The molecule has 1 aromatic carbocycles. The van der Waals surface area contributed by atoms with Crippen molar-refractivity contribution in [1.82, 2.24) is 19.0 Å². The number of amides is 1. The highest BCUT2D eigenvalue weighted by atomic mass is 32.1. The van der Waals surface area contributed by atoms with Crippen molar-refractivity contribution in [2.75, 3.05) is 33.9 Å². The summed E-state index contributed by atoms with van der Waals surface area (Å²) in [5, 5.41) is 9.74. The molecule has 4 aromatic rings. The number of rotatable bonds is 9. The Bertz CT molecular complexity index is 1660. The first-order chi connectivity index (χ1) is 19.3. The summed E-state index contributed by atoms with van der Waals surface area (Å²) in [4.78, 5) is 47.8. The van der Waals surface area contributed by atoms with Crippen molar-refractivity contribution in [1.29, 1.82) is 0 Å². The molecule has 1 fully saturated rings. The maximum atomic E-state index is 14.4. The summed E-state index contributed by atoms with van der Waals surface area (Å²) in [6, 6.07) is 2.97. The van der Waals surface area contributed by atoms with Crippen molar-refractivity contribution >= 4 is 27.5 Å². The molecule has 1 amide bonds. The summed E-state index contributed by atoms with van der Waals surface area (Å²) in [6.45, 7) is 1.70. The zero-order chi connectivity index (χ0) is 28.6. The molecule has 212 valence electrons. The van der Waals surface area contributed by atoms with E-state index in [9.17, 15) is 23.9 Å². The summed E-state index contributed by atoms with van der Waals surface area (Å²) in [5.41, 5.74) is -0.391. The Labute approximate surface area is 232 Å². The van der Waals surface area contributed by atoms with Gasteiger partial charge in [0.2, 0.25) is 11.8 Å². The Hall–Kier alpha value is -3.81. The van der Waals surface area contributed by atoms with Gasteiger partial charge in [-0.15, -0.1) is 11.3 Å². The molecule has 0 saturated carbocycles. The van der Waals surface area contributed by atoms with Gasteiger partial charge in [0.25, 0.3) is 5.56 Å².